The summed E-state index contributed by atoms with van der Waals surface area (Å²) in [5, 5.41) is 8.53. The van der Waals surface area contributed by atoms with Crippen LogP contribution in [0.1, 0.15) is 0 Å². The molecule has 1 N–H and O–H groups in total. The van der Waals surface area contributed by atoms with Crippen LogP contribution in [0.2, 0.25) is 0 Å². The number of pyridine rings is 1. The van der Waals surface area contributed by atoms with E-state index < -0.39 is 5.76 Å². The molecule has 0 aromatic carbocycles. The fraction of sp³-hybridized carbons (Fsp3) is 0. The molecule has 0 aliphatic heterocycles. The molecule has 17 heavy (non-hydrogen) atoms. The van der Waals surface area contributed by atoms with Gasteiger partial charge in [0.1, 0.15) is 10.7 Å². The molecule has 0 bridgehead atoms. The van der Waals surface area contributed by atoms with Crippen LogP contribution >= 0.6 is 11.3 Å². The lowest BCUT2D eigenvalue weighted by Gasteiger charge is -1.92. The minimum atomic E-state index is -0.585. The third-order valence-corrected chi connectivity index (χ3v) is 2.98. The summed E-state index contributed by atoms with van der Waals surface area (Å²) >= 11 is 1.45. The molecule has 0 radical (unpaired) electrons. The maximum absolute atomic E-state index is 10.8. The fourth-order valence-corrected chi connectivity index (χ4v) is 2.14. The zero-order chi connectivity index (χ0) is 11.7. The highest BCUT2D eigenvalue weighted by Gasteiger charge is 2.10. The standard InChI is InChI=1S/C10H6N4O2S/c15-10-14-13-8(16-10)7-5-17-9(12-7)6-1-3-11-4-2-6/h1-5H,(H,14,15). The van der Waals surface area contributed by atoms with Crippen molar-refractivity contribution < 1.29 is 4.42 Å². The molecule has 0 spiro atoms. The highest BCUT2D eigenvalue weighted by molar-refractivity contribution is 7.13. The second-order valence-corrected chi connectivity index (χ2v) is 4.05. The number of thiazole rings is 1. The van der Waals surface area contributed by atoms with E-state index in [1.165, 1.54) is 11.3 Å². The minimum absolute atomic E-state index is 0.201. The van der Waals surface area contributed by atoms with Gasteiger partial charge in [-0.25, -0.2) is 14.9 Å². The molecule has 0 unspecified atom stereocenters. The van der Waals surface area contributed by atoms with Crippen molar-refractivity contribution >= 4 is 11.3 Å². The van der Waals surface area contributed by atoms with Gasteiger partial charge in [-0.15, -0.1) is 16.4 Å². The van der Waals surface area contributed by atoms with Gasteiger partial charge in [0.15, 0.2) is 0 Å². The Labute approximate surface area is 99.0 Å². The number of hydrogen-bond donors (Lipinski definition) is 1. The molecule has 0 saturated heterocycles. The topological polar surface area (TPSA) is 84.7 Å². The van der Waals surface area contributed by atoms with Crippen molar-refractivity contribution in [3.8, 4) is 22.2 Å². The molecule has 3 rings (SSSR count). The van der Waals surface area contributed by atoms with Crippen molar-refractivity contribution in [3.63, 3.8) is 0 Å². The van der Waals surface area contributed by atoms with Gasteiger partial charge in [-0.1, -0.05) is 0 Å². The van der Waals surface area contributed by atoms with Gasteiger partial charge in [-0.05, 0) is 12.1 Å². The molecule has 0 atom stereocenters. The molecule has 0 saturated carbocycles. The Bertz CT molecular complexity index is 685. The van der Waals surface area contributed by atoms with Crippen LogP contribution in [0.5, 0.6) is 0 Å². The summed E-state index contributed by atoms with van der Waals surface area (Å²) in [6.07, 6.45) is 3.40. The summed E-state index contributed by atoms with van der Waals surface area (Å²) in [5.74, 6) is -0.384. The Kier molecular flexibility index (Phi) is 2.30. The predicted octanol–water partition coefficient (Wildman–Crippen LogP) is 1.55. The van der Waals surface area contributed by atoms with Crippen LogP contribution < -0.4 is 5.76 Å². The predicted molar refractivity (Wildman–Crippen MR) is 61.5 cm³/mol. The van der Waals surface area contributed by atoms with Gasteiger partial charge in [-0.2, -0.15) is 0 Å². The second kappa shape index (κ2) is 3.95. The van der Waals surface area contributed by atoms with E-state index >= 15 is 0 Å². The van der Waals surface area contributed by atoms with Gasteiger partial charge in [0.05, 0.1) is 0 Å². The largest absolute Gasteiger partial charge is 0.434 e. The zero-order valence-corrected chi connectivity index (χ0v) is 9.27. The van der Waals surface area contributed by atoms with Crippen molar-refractivity contribution in [1.82, 2.24) is 20.2 Å². The van der Waals surface area contributed by atoms with E-state index in [0.717, 1.165) is 10.6 Å². The zero-order valence-electron chi connectivity index (χ0n) is 8.45. The second-order valence-electron chi connectivity index (χ2n) is 3.19. The first-order valence-electron chi connectivity index (χ1n) is 4.75. The molecule has 3 aromatic heterocycles. The van der Waals surface area contributed by atoms with E-state index in [2.05, 4.69) is 20.2 Å². The van der Waals surface area contributed by atoms with Gasteiger partial charge in [-0.3, -0.25) is 4.98 Å². The maximum atomic E-state index is 10.8. The van der Waals surface area contributed by atoms with Gasteiger partial charge < -0.3 is 4.42 Å². The maximum Gasteiger partial charge on any atom is 0.434 e. The van der Waals surface area contributed by atoms with Gasteiger partial charge >= 0.3 is 5.76 Å². The summed E-state index contributed by atoms with van der Waals surface area (Å²) in [6.45, 7) is 0. The lowest BCUT2D eigenvalue weighted by Crippen LogP contribution is -1.93. The molecular formula is C10H6N4O2S. The number of nitrogens with one attached hydrogen (secondary N) is 1. The van der Waals surface area contributed by atoms with Crippen molar-refractivity contribution in [2.45, 2.75) is 0 Å². The molecule has 0 aliphatic rings. The minimum Gasteiger partial charge on any atom is -0.386 e. The van der Waals surface area contributed by atoms with Crippen molar-refractivity contribution in [2.75, 3.05) is 0 Å². The summed E-state index contributed by atoms with van der Waals surface area (Å²) in [5.41, 5.74) is 1.51. The van der Waals surface area contributed by atoms with E-state index in [4.69, 9.17) is 4.42 Å². The molecule has 3 aromatic rings. The number of hydrogen-bond acceptors (Lipinski definition) is 6. The van der Waals surface area contributed by atoms with E-state index in [1.54, 1.807) is 17.8 Å². The van der Waals surface area contributed by atoms with Crippen molar-refractivity contribution in [3.05, 3.63) is 40.5 Å². The quantitative estimate of drug-likeness (QED) is 0.741. The molecule has 0 amide bonds. The van der Waals surface area contributed by atoms with Gasteiger partial charge in [0.25, 0.3) is 5.89 Å². The van der Waals surface area contributed by atoms with Crippen molar-refractivity contribution in [1.29, 1.82) is 0 Å². The van der Waals surface area contributed by atoms with E-state index in [-0.39, 0.29) is 5.89 Å². The average Bonchev–Trinajstić information content (AvgIpc) is 2.98. The first kappa shape index (κ1) is 9.91. The summed E-state index contributed by atoms with van der Waals surface area (Å²) in [7, 11) is 0. The summed E-state index contributed by atoms with van der Waals surface area (Å²) in [4.78, 5) is 19.1. The lowest BCUT2D eigenvalue weighted by molar-refractivity contribution is 0.525. The van der Waals surface area contributed by atoms with Crippen LogP contribution in [0, 0.1) is 0 Å². The molecular weight excluding hydrogens is 240 g/mol. The lowest BCUT2D eigenvalue weighted by atomic mass is 10.3. The highest BCUT2D eigenvalue weighted by Crippen LogP contribution is 2.26. The number of rotatable bonds is 2. The third-order valence-electron chi connectivity index (χ3n) is 2.09. The molecule has 0 aliphatic carbocycles. The van der Waals surface area contributed by atoms with Crippen molar-refractivity contribution in [2.24, 2.45) is 0 Å². The first-order valence-corrected chi connectivity index (χ1v) is 5.63. The molecule has 3 heterocycles. The highest BCUT2D eigenvalue weighted by atomic mass is 32.1. The number of aromatic nitrogens is 4. The van der Waals surface area contributed by atoms with E-state index in [9.17, 15) is 4.79 Å². The van der Waals surface area contributed by atoms with Gasteiger partial charge in [0, 0.05) is 23.3 Å². The third kappa shape index (κ3) is 1.87. The Morgan fingerprint density at radius 1 is 1.29 bits per heavy atom. The summed E-state index contributed by atoms with van der Waals surface area (Å²) < 4.78 is 4.83. The number of nitrogens with zero attached hydrogens (tertiary/aromatic N) is 3. The summed E-state index contributed by atoms with van der Waals surface area (Å²) in [6, 6.07) is 3.73. The smallest absolute Gasteiger partial charge is 0.386 e. The Morgan fingerprint density at radius 2 is 2.12 bits per heavy atom. The van der Waals surface area contributed by atoms with Crippen LogP contribution in [-0.2, 0) is 0 Å². The van der Waals surface area contributed by atoms with Crippen LogP contribution in [0.15, 0.2) is 39.1 Å². The van der Waals surface area contributed by atoms with E-state index in [1.807, 2.05) is 12.1 Å². The fourth-order valence-electron chi connectivity index (χ4n) is 1.34. The van der Waals surface area contributed by atoms with Crippen LogP contribution in [-0.4, -0.2) is 20.2 Å². The molecule has 7 heteroatoms. The Balaban J connectivity index is 2.01. The Hall–Kier alpha value is -2.28. The number of H-pyrrole nitrogens is 1. The number of aromatic amines is 1. The molecule has 0 fully saturated rings. The van der Waals surface area contributed by atoms with E-state index in [0.29, 0.717) is 5.69 Å². The first-order chi connectivity index (χ1) is 8.33. The molecule has 6 nitrogen and oxygen atoms in total. The van der Waals surface area contributed by atoms with Crippen LogP contribution in [0.25, 0.3) is 22.2 Å². The monoisotopic (exact) mass is 246 g/mol. The van der Waals surface area contributed by atoms with Gasteiger partial charge in [0.2, 0.25) is 0 Å². The normalized spacial score (nSPS) is 10.6. The Morgan fingerprint density at radius 3 is 2.82 bits per heavy atom. The molecule has 84 valence electrons. The SMILES string of the molecule is O=c1[nH]nc(-c2csc(-c3ccncc3)n2)o1. The van der Waals surface area contributed by atoms with Crippen LogP contribution in [0.3, 0.4) is 0 Å². The average molecular weight is 246 g/mol. The van der Waals surface area contributed by atoms with Crippen LogP contribution in [0.4, 0.5) is 0 Å².